The maximum atomic E-state index is 11.8. The summed E-state index contributed by atoms with van der Waals surface area (Å²) in [4.78, 5) is 14.1. The molecule has 0 spiro atoms. The third-order valence-electron chi connectivity index (χ3n) is 3.00. The van der Waals surface area contributed by atoms with Gasteiger partial charge in [-0.15, -0.1) is 6.58 Å². The summed E-state index contributed by atoms with van der Waals surface area (Å²) in [6.07, 6.45) is 1.68. The highest BCUT2D eigenvalue weighted by Gasteiger charge is 2.12. The van der Waals surface area contributed by atoms with E-state index in [1.165, 1.54) is 0 Å². The number of amides is 1. The molecule has 0 unspecified atom stereocenters. The van der Waals surface area contributed by atoms with Gasteiger partial charge in [-0.1, -0.05) is 12.1 Å². The Morgan fingerprint density at radius 3 is 2.94 bits per heavy atom. The van der Waals surface area contributed by atoms with Crippen LogP contribution in [0.15, 0.2) is 36.9 Å². The van der Waals surface area contributed by atoms with Gasteiger partial charge in [-0.2, -0.15) is 0 Å². The van der Waals surface area contributed by atoms with Gasteiger partial charge in [0.05, 0.1) is 0 Å². The molecule has 1 fully saturated rings. The maximum Gasteiger partial charge on any atom is 0.251 e. The van der Waals surface area contributed by atoms with Gasteiger partial charge in [-0.05, 0) is 18.2 Å². The van der Waals surface area contributed by atoms with Gasteiger partial charge in [0.15, 0.2) is 0 Å². The lowest BCUT2D eigenvalue weighted by Gasteiger charge is -2.29. The van der Waals surface area contributed by atoms with Crippen molar-refractivity contribution < 1.29 is 4.79 Å². The Balaban J connectivity index is 2.08. The highest BCUT2D eigenvalue weighted by molar-refractivity contribution is 5.95. The molecule has 0 aliphatic carbocycles. The smallest absolute Gasteiger partial charge is 0.251 e. The summed E-state index contributed by atoms with van der Waals surface area (Å²) in [6, 6.07) is 7.77. The van der Waals surface area contributed by atoms with Crippen molar-refractivity contribution in [2.75, 3.05) is 37.6 Å². The first kappa shape index (κ1) is 12.6. The van der Waals surface area contributed by atoms with E-state index in [-0.39, 0.29) is 5.91 Å². The van der Waals surface area contributed by atoms with E-state index in [1.54, 1.807) is 6.08 Å². The molecule has 2 N–H and O–H groups in total. The van der Waals surface area contributed by atoms with Crippen LogP contribution in [0.3, 0.4) is 0 Å². The number of rotatable bonds is 4. The molecule has 0 atom stereocenters. The molecule has 0 aromatic heterocycles. The Morgan fingerprint density at radius 1 is 1.44 bits per heavy atom. The summed E-state index contributed by atoms with van der Waals surface area (Å²) in [5.41, 5.74) is 1.82. The lowest BCUT2D eigenvalue weighted by Crippen LogP contribution is -2.43. The number of hydrogen-bond donors (Lipinski definition) is 2. The molecule has 1 aliphatic heterocycles. The second-order valence-corrected chi connectivity index (χ2v) is 4.29. The molecule has 1 heterocycles. The molecule has 4 heteroatoms. The van der Waals surface area contributed by atoms with Crippen molar-refractivity contribution in [3.63, 3.8) is 0 Å². The number of benzene rings is 1. The Labute approximate surface area is 108 Å². The van der Waals surface area contributed by atoms with Crippen molar-refractivity contribution in [3.05, 3.63) is 42.5 Å². The van der Waals surface area contributed by atoms with E-state index in [2.05, 4.69) is 28.2 Å². The summed E-state index contributed by atoms with van der Waals surface area (Å²) in [5.74, 6) is -0.0492. The molecule has 1 aliphatic rings. The number of piperazine rings is 1. The average molecular weight is 245 g/mol. The normalized spacial score (nSPS) is 15.2. The van der Waals surface area contributed by atoms with Gasteiger partial charge in [0.2, 0.25) is 0 Å². The molecule has 1 saturated heterocycles. The van der Waals surface area contributed by atoms with Crippen LogP contribution in [0.5, 0.6) is 0 Å². The minimum absolute atomic E-state index is 0.0492. The van der Waals surface area contributed by atoms with Crippen molar-refractivity contribution in [2.24, 2.45) is 0 Å². The van der Waals surface area contributed by atoms with E-state index in [9.17, 15) is 4.79 Å². The minimum Gasteiger partial charge on any atom is -0.369 e. The van der Waals surface area contributed by atoms with Gasteiger partial charge in [0.25, 0.3) is 5.91 Å². The Bertz CT molecular complexity index is 425. The van der Waals surface area contributed by atoms with E-state index >= 15 is 0 Å². The van der Waals surface area contributed by atoms with Gasteiger partial charge in [0.1, 0.15) is 0 Å². The zero-order valence-electron chi connectivity index (χ0n) is 10.5. The van der Waals surface area contributed by atoms with Crippen LogP contribution in [0, 0.1) is 0 Å². The number of nitrogens with one attached hydrogen (secondary N) is 2. The molecule has 1 aromatic rings. The largest absolute Gasteiger partial charge is 0.369 e. The molecule has 0 saturated carbocycles. The lowest BCUT2D eigenvalue weighted by molar-refractivity contribution is 0.0958. The zero-order chi connectivity index (χ0) is 12.8. The zero-order valence-corrected chi connectivity index (χ0v) is 10.5. The topological polar surface area (TPSA) is 44.4 Å². The second kappa shape index (κ2) is 6.21. The molecule has 0 bridgehead atoms. The molecular formula is C14H19N3O. The first-order valence-corrected chi connectivity index (χ1v) is 6.26. The van der Waals surface area contributed by atoms with Crippen molar-refractivity contribution in [2.45, 2.75) is 0 Å². The van der Waals surface area contributed by atoms with Gasteiger partial charge < -0.3 is 15.5 Å². The number of carbonyl (C=O) groups is 1. The van der Waals surface area contributed by atoms with Crippen LogP contribution in [0.4, 0.5) is 5.69 Å². The fourth-order valence-electron chi connectivity index (χ4n) is 2.03. The molecule has 1 aromatic carbocycles. The van der Waals surface area contributed by atoms with Gasteiger partial charge >= 0.3 is 0 Å². The quantitative estimate of drug-likeness (QED) is 0.778. The Kier molecular flexibility index (Phi) is 4.36. The average Bonchev–Trinajstić information content (AvgIpc) is 2.46. The molecular weight excluding hydrogens is 226 g/mol. The van der Waals surface area contributed by atoms with Crippen LogP contribution < -0.4 is 15.5 Å². The SMILES string of the molecule is C=CCNC(=O)c1cccc(N2CCNCC2)c1. The fraction of sp³-hybridized carbons (Fsp3) is 0.357. The monoisotopic (exact) mass is 245 g/mol. The van der Waals surface area contributed by atoms with E-state index in [4.69, 9.17) is 0 Å². The number of carbonyl (C=O) groups excluding carboxylic acids is 1. The van der Waals surface area contributed by atoms with Crippen LogP contribution >= 0.6 is 0 Å². The first-order valence-electron chi connectivity index (χ1n) is 6.26. The maximum absolute atomic E-state index is 11.8. The summed E-state index contributed by atoms with van der Waals surface area (Å²) in [6.45, 7) is 8.04. The highest BCUT2D eigenvalue weighted by Crippen LogP contribution is 2.16. The predicted molar refractivity (Wildman–Crippen MR) is 74.1 cm³/mol. The third-order valence-corrected chi connectivity index (χ3v) is 3.00. The van der Waals surface area contributed by atoms with Crippen LogP contribution in [0.25, 0.3) is 0 Å². The molecule has 1 amide bonds. The number of hydrogen-bond acceptors (Lipinski definition) is 3. The van der Waals surface area contributed by atoms with Gasteiger partial charge in [-0.3, -0.25) is 4.79 Å². The minimum atomic E-state index is -0.0492. The van der Waals surface area contributed by atoms with E-state index in [0.29, 0.717) is 12.1 Å². The Hall–Kier alpha value is -1.81. The fourth-order valence-corrected chi connectivity index (χ4v) is 2.03. The van der Waals surface area contributed by atoms with Crippen molar-refractivity contribution in [3.8, 4) is 0 Å². The van der Waals surface area contributed by atoms with Gasteiger partial charge in [-0.25, -0.2) is 0 Å². The van der Waals surface area contributed by atoms with Crippen LogP contribution in [-0.2, 0) is 0 Å². The molecule has 96 valence electrons. The standard InChI is InChI=1S/C14H19N3O/c1-2-6-16-14(18)12-4-3-5-13(11-12)17-9-7-15-8-10-17/h2-5,11,15H,1,6-10H2,(H,16,18). The summed E-state index contributed by atoms with van der Waals surface area (Å²) in [5, 5.41) is 6.11. The Morgan fingerprint density at radius 2 is 2.22 bits per heavy atom. The molecule has 0 radical (unpaired) electrons. The summed E-state index contributed by atoms with van der Waals surface area (Å²) in [7, 11) is 0. The summed E-state index contributed by atoms with van der Waals surface area (Å²) < 4.78 is 0. The van der Waals surface area contributed by atoms with Crippen LogP contribution in [0.1, 0.15) is 10.4 Å². The van der Waals surface area contributed by atoms with E-state index in [0.717, 1.165) is 31.9 Å². The highest BCUT2D eigenvalue weighted by atomic mass is 16.1. The lowest BCUT2D eigenvalue weighted by atomic mass is 10.1. The van der Waals surface area contributed by atoms with Crippen molar-refractivity contribution in [1.29, 1.82) is 0 Å². The third kappa shape index (κ3) is 3.11. The second-order valence-electron chi connectivity index (χ2n) is 4.29. The van der Waals surface area contributed by atoms with Crippen LogP contribution in [-0.4, -0.2) is 38.6 Å². The van der Waals surface area contributed by atoms with Crippen LogP contribution in [0.2, 0.25) is 0 Å². The van der Waals surface area contributed by atoms with E-state index in [1.807, 2.05) is 18.2 Å². The van der Waals surface area contributed by atoms with Gasteiger partial charge in [0, 0.05) is 44.0 Å². The molecule has 2 rings (SSSR count). The number of nitrogens with zero attached hydrogens (tertiary/aromatic N) is 1. The van der Waals surface area contributed by atoms with Crippen molar-refractivity contribution >= 4 is 11.6 Å². The molecule has 18 heavy (non-hydrogen) atoms. The number of anilines is 1. The molecule has 4 nitrogen and oxygen atoms in total. The first-order chi connectivity index (χ1) is 8.81. The van der Waals surface area contributed by atoms with Crippen molar-refractivity contribution in [1.82, 2.24) is 10.6 Å². The van der Waals surface area contributed by atoms with E-state index < -0.39 is 0 Å². The predicted octanol–water partition coefficient (Wildman–Crippen LogP) is 1.01. The summed E-state index contributed by atoms with van der Waals surface area (Å²) >= 11 is 0.